The highest BCUT2D eigenvalue weighted by Gasteiger charge is 2.29. The minimum absolute atomic E-state index is 0.101. The Hall–Kier alpha value is -2.65. The van der Waals surface area contributed by atoms with Crippen LogP contribution in [0.15, 0.2) is 53.8 Å². The third kappa shape index (κ3) is 5.91. The first-order chi connectivity index (χ1) is 13.8. The average Bonchev–Trinajstić information content (AvgIpc) is 2.70. The molecule has 156 valence electrons. The highest BCUT2D eigenvalue weighted by molar-refractivity contribution is 6.00. The number of amidine groups is 1. The molecule has 1 aromatic rings. The van der Waals surface area contributed by atoms with Crippen LogP contribution in [0.25, 0.3) is 0 Å². The summed E-state index contributed by atoms with van der Waals surface area (Å²) in [5.41, 5.74) is 0.836. The SMILES string of the molecule is C=C(Nc1ccc(C(C)(F)C(C)C)cc1)C(=N/C=C\C)N1CCN(CC#N)CC1. The largest absolute Gasteiger partial charge is 0.353 e. The molecule has 0 aliphatic carbocycles. The summed E-state index contributed by atoms with van der Waals surface area (Å²) in [6, 6.07) is 9.59. The second-order valence-corrected chi connectivity index (χ2v) is 7.77. The third-order valence-corrected chi connectivity index (χ3v) is 5.41. The molecule has 1 atom stereocenters. The van der Waals surface area contributed by atoms with Gasteiger partial charge in [-0.15, -0.1) is 0 Å². The molecule has 0 saturated carbocycles. The lowest BCUT2D eigenvalue weighted by atomic mass is 9.87. The van der Waals surface area contributed by atoms with Crippen LogP contribution < -0.4 is 5.32 Å². The standard InChI is InChI=1S/C23H32FN5/c1-6-12-26-22(29-16-14-28(13-11-25)15-17-29)19(4)27-21-9-7-20(8-10-21)23(5,24)18(2)3/h6-10,12,18,27H,4,13-17H2,1-3,5H3/b12-6-,26-22?. The molecule has 1 fully saturated rings. The molecule has 0 bridgehead atoms. The molecule has 1 saturated heterocycles. The number of benzene rings is 1. The molecule has 29 heavy (non-hydrogen) atoms. The van der Waals surface area contributed by atoms with Gasteiger partial charge in [0.1, 0.15) is 5.67 Å². The van der Waals surface area contributed by atoms with Gasteiger partial charge in [-0.05, 0) is 37.5 Å². The normalized spacial score (nSPS) is 18.0. The van der Waals surface area contributed by atoms with E-state index in [1.165, 1.54) is 0 Å². The molecule has 0 radical (unpaired) electrons. The smallest absolute Gasteiger partial charge is 0.151 e. The van der Waals surface area contributed by atoms with Gasteiger partial charge in [0.05, 0.1) is 18.3 Å². The van der Waals surface area contributed by atoms with Crippen LogP contribution in [0.3, 0.4) is 0 Å². The van der Waals surface area contributed by atoms with Crippen LogP contribution in [-0.2, 0) is 5.67 Å². The average molecular weight is 398 g/mol. The number of alkyl halides is 1. The van der Waals surface area contributed by atoms with Crippen molar-refractivity contribution >= 4 is 11.5 Å². The Bertz CT molecular complexity index is 778. The van der Waals surface area contributed by atoms with Gasteiger partial charge in [0.15, 0.2) is 5.84 Å². The summed E-state index contributed by atoms with van der Waals surface area (Å²) >= 11 is 0. The maximum atomic E-state index is 14.8. The minimum atomic E-state index is -1.36. The second kappa shape index (κ2) is 10.2. The molecule has 0 amide bonds. The fourth-order valence-electron chi connectivity index (χ4n) is 3.16. The zero-order valence-electron chi connectivity index (χ0n) is 18.0. The molecule has 0 aromatic heterocycles. The van der Waals surface area contributed by atoms with E-state index < -0.39 is 5.67 Å². The Morgan fingerprint density at radius 1 is 1.31 bits per heavy atom. The fourth-order valence-corrected chi connectivity index (χ4v) is 3.16. The lowest BCUT2D eigenvalue weighted by Crippen LogP contribution is -2.49. The van der Waals surface area contributed by atoms with Crippen LogP contribution in [-0.4, -0.2) is 48.4 Å². The summed E-state index contributed by atoms with van der Waals surface area (Å²) in [7, 11) is 0. The van der Waals surface area contributed by atoms with Gasteiger partial charge in [0.2, 0.25) is 0 Å². The van der Waals surface area contributed by atoms with Crippen molar-refractivity contribution in [2.45, 2.75) is 33.4 Å². The van der Waals surface area contributed by atoms with Crippen molar-refractivity contribution in [2.75, 3.05) is 38.0 Å². The number of nitrogens with zero attached hydrogens (tertiary/aromatic N) is 4. The Morgan fingerprint density at radius 3 is 2.45 bits per heavy atom. The number of hydrogen-bond donors (Lipinski definition) is 1. The molecule has 2 rings (SSSR count). The van der Waals surface area contributed by atoms with Crippen LogP contribution >= 0.6 is 0 Å². The minimum Gasteiger partial charge on any atom is -0.353 e. The number of rotatable bonds is 7. The third-order valence-electron chi connectivity index (χ3n) is 5.41. The van der Waals surface area contributed by atoms with Gasteiger partial charge >= 0.3 is 0 Å². The number of nitrogens with one attached hydrogen (secondary N) is 1. The Labute approximate surface area is 174 Å². The van der Waals surface area contributed by atoms with Crippen LogP contribution in [0.1, 0.15) is 33.3 Å². The maximum Gasteiger partial charge on any atom is 0.151 e. The van der Waals surface area contributed by atoms with Gasteiger partial charge in [0, 0.05) is 38.1 Å². The number of allylic oxidation sites excluding steroid dienone is 1. The topological polar surface area (TPSA) is 54.7 Å². The van der Waals surface area contributed by atoms with Gasteiger partial charge in [-0.25, -0.2) is 9.38 Å². The van der Waals surface area contributed by atoms with Crippen molar-refractivity contribution in [1.29, 1.82) is 5.26 Å². The molecule has 1 aliphatic heterocycles. The first kappa shape index (κ1) is 22.6. The van der Waals surface area contributed by atoms with Crippen molar-refractivity contribution < 1.29 is 4.39 Å². The predicted molar refractivity (Wildman–Crippen MR) is 118 cm³/mol. The van der Waals surface area contributed by atoms with Crippen LogP contribution in [0, 0.1) is 17.2 Å². The number of piperazine rings is 1. The number of aliphatic imine (C=N–C) groups is 1. The van der Waals surface area contributed by atoms with E-state index in [1.807, 2.05) is 51.1 Å². The van der Waals surface area contributed by atoms with E-state index in [9.17, 15) is 4.39 Å². The van der Waals surface area contributed by atoms with E-state index in [0.29, 0.717) is 17.8 Å². The fraction of sp³-hybridized carbons (Fsp3) is 0.478. The van der Waals surface area contributed by atoms with Crippen LogP contribution in [0.2, 0.25) is 0 Å². The first-order valence-corrected chi connectivity index (χ1v) is 10.1. The molecular weight excluding hydrogens is 365 g/mol. The van der Waals surface area contributed by atoms with Gasteiger partial charge in [-0.1, -0.05) is 38.6 Å². The van der Waals surface area contributed by atoms with Crippen molar-refractivity contribution in [2.24, 2.45) is 10.9 Å². The van der Waals surface area contributed by atoms with Gasteiger partial charge in [0.25, 0.3) is 0 Å². The predicted octanol–water partition coefficient (Wildman–Crippen LogP) is 4.53. The van der Waals surface area contributed by atoms with Crippen molar-refractivity contribution in [3.05, 3.63) is 54.4 Å². The second-order valence-electron chi connectivity index (χ2n) is 7.77. The lowest BCUT2D eigenvalue weighted by molar-refractivity contribution is 0.123. The highest BCUT2D eigenvalue weighted by Crippen LogP contribution is 2.34. The lowest BCUT2D eigenvalue weighted by Gasteiger charge is -2.35. The zero-order chi connectivity index (χ0) is 21.4. The van der Waals surface area contributed by atoms with Crippen LogP contribution in [0.5, 0.6) is 0 Å². The Morgan fingerprint density at radius 2 is 1.93 bits per heavy atom. The van der Waals surface area contributed by atoms with Crippen molar-refractivity contribution in [3.63, 3.8) is 0 Å². The summed E-state index contributed by atoms with van der Waals surface area (Å²) in [5, 5.41) is 12.2. The van der Waals surface area contributed by atoms with E-state index in [0.717, 1.165) is 37.7 Å². The molecular formula is C23H32FN5. The molecule has 1 N–H and O–H groups in total. The first-order valence-electron chi connectivity index (χ1n) is 10.1. The van der Waals surface area contributed by atoms with Crippen molar-refractivity contribution in [1.82, 2.24) is 9.80 Å². The molecule has 0 spiro atoms. The summed E-state index contributed by atoms with van der Waals surface area (Å²) in [6.45, 7) is 15.1. The van der Waals surface area contributed by atoms with E-state index in [4.69, 9.17) is 5.26 Å². The molecule has 6 heteroatoms. The summed E-state index contributed by atoms with van der Waals surface area (Å²) in [5.74, 6) is 0.678. The molecule has 1 aromatic carbocycles. The van der Waals surface area contributed by atoms with E-state index in [2.05, 4.69) is 32.8 Å². The summed E-state index contributed by atoms with van der Waals surface area (Å²) in [6.07, 6.45) is 3.63. The zero-order valence-corrected chi connectivity index (χ0v) is 18.0. The number of hydrogen-bond acceptors (Lipinski definition) is 4. The molecule has 5 nitrogen and oxygen atoms in total. The number of nitriles is 1. The summed E-state index contributed by atoms with van der Waals surface area (Å²) in [4.78, 5) is 8.87. The number of halogens is 1. The van der Waals surface area contributed by atoms with Crippen molar-refractivity contribution in [3.8, 4) is 6.07 Å². The molecule has 1 heterocycles. The Kier molecular flexibility index (Phi) is 7.98. The van der Waals surface area contributed by atoms with Gasteiger partial charge in [-0.2, -0.15) is 5.26 Å². The van der Waals surface area contributed by atoms with E-state index in [1.54, 1.807) is 13.1 Å². The summed E-state index contributed by atoms with van der Waals surface area (Å²) < 4.78 is 14.8. The monoisotopic (exact) mass is 397 g/mol. The van der Waals surface area contributed by atoms with Crippen LogP contribution in [0.4, 0.5) is 10.1 Å². The molecule has 1 aliphatic rings. The molecule has 1 unspecified atom stereocenters. The quantitative estimate of drug-likeness (QED) is 0.417. The van der Waals surface area contributed by atoms with Gasteiger partial charge < -0.3 is 10.2 Å². The number of anilines is 1. The van der Waals surface area contributed by atoms with E-state index >= 15 is 0 Å². The van der Waals surface area contributed by atoms with Gasteiger partial charge in [-0.3, -0.25) is 4.90 Å². The van der Waals surface area contributed by atoms with E-state index in [-0.39, 0.29) is 5.92 Å². The highest BCUT2D eigenvalue weighted by atomic mass is 19.1. The maximum absolute atomic E-state index is 14.8. The Balaban J connectivity index is 2.10.